The zero-order valence-corrected chi connectivity index (χ0v) is 8.85. The summed E-state index contributed by atoms with van der Waals surface area (Å²) < 4.78 is 0. The highest BCUT2D eigenvalue weighted by atomic mass is 15.3. The van der Waals surface area contributed by atoms with Crippen LogP contribution in [-0.2, 0) is 6.42 Å². The fraction of sp³-hybridized carbons (Fsp3) is 0.273. The fourth-order valence-corrected chi connectivity index (χ4v) is 1.05. The van der Waals surface area contributed by atoms with Crippen molar-refractivity contribution in [3.05, 3.63) is 42.2 Å². The minimum absolute atomic E-state index is 0.822. The number of para-hydroxylation sites is 1. The quantitative estimate of drug-likeness (QED) is 0.735. The van der Waals surface area contributed by atoms with E-state index in [2.05, 4.69) is 22.3 Å². The molecule has 0 bridgehead atoms. The number of H-pyrrole nitrogens is 1. The molecular formula is C11H16N4. The van der Waals surface area contributed by atoms with Crippen LogP contribution in [0.4, 0.5) is 5.69 Å². The van der Waals surface area contributed by atoms with Crippen molar-refractivity contribution in [3.8, 4) is 0 Å². The molecule has 1 aromatic heterocycles. The number of nitrogens with zero attached hydrogens (tertiary/aromatic N) is 2. The van der Waals surface area contributed by atoms with E-state index in [1.165, 1.54) is 0 Å². The fourth-order valence-electron chi connectivity index (χ4n) is 1.05. The van der Waals surface area contributed by atoms with Crippen LogP contribution in [0.5, 0.6) is 0 Å². The lowest BCUT2D eigenvalue weighted by Crippen LogP contribution is -1.80. The third-order valence-corrected chi connectivity index (χ3v) is 1.77. The van der Waals surface area contributed by atoms with Crippen LogP contribution in [0, 0.1) is 0 Å². The number of nitrogens with two attached hydrogens (primary N) is 1. The highest BCUT2D eigenvalue weighted by Gasteiger charge is 1.89. The molecular weight excluding hydrogens is 188 g/mol. The van der Waals surface area contributed by atoms with Crippen LogP contribution < -0.4 is 5.73 Å². The Morgan fingerprint density at radius 2 is 2.00 bits per heavy atom. The monoisotopic (exact) mass is 204 g/mol. The van der Waals surface area contributed by atoms with Gasteiger partial charge in [0.05, 0.1) is 11.9 Å². The topological polar surface area (TPSA) is 67.6 Å². The van der Waals surface area contributed by atoms with Crippen molar-refractivity contribution in [3.63, 3.8) is 0 Å². The molecule has 0 saturated heterocycles. The molecule has 0 atom stereocenters. The van der Waals surface area contributed by atoms with Crippen molar-refractivity contribution in [1.29, 1.82) is 0 Å². The van der Waals surface area contributed by atoms with Crippen LogP contribution in [-0.4, -0.2) is 15.4 Å². The molecule has 15 heavy (non-hydrogen) atoms. The second-order valence-electron chi connectivity index (χ2n) is 3.12. The van der Waals surface area contributed by atoms with E-state index >= 15 is 0 Å². The van der Waals surface area contributed by atoms with Gasteiger partial charge in [0.25, 0.3) is 0 Å². The van der Waals surface area contributed by atoms with Gasteiger partial charge in [0.1, 0.15) is 0 Å². The highest BCUT2D eigenvalue weighted by molar-refractivity contribution is 5.35. The van der Waals surface area contributed by atoms with Crippen molar-refractivity contribution < 1.29 is 0 Å². The molecule has 4 nitrogen and oxygen atoms in total. The predicted octanol–water partition coefficient (Wildman–Crippen LogP) is 2.03. The van der Waals surface area contributed by atoms with E-state index in [1.54, 1.807) is 6.20 Å². The highest BCUT2D eigenvalue weighted by Crippen LogP contribution is 1.95. The maximum Gasteiger partial charge on any atom is 0.0824 e. The van der Waals surface area contributed by atoms with Gasteiger partial charge in [0.15, 0.2) is 0 Å². The summed E-state index contributed by atoms with van der Waals surface area (Å²) in [5, 5.41) is 10.1. The van der Waals surface area contributed by atoms with Gasteiger partial charge in [-0.15, -0.1) is 0 Å². The van der Waals surface area contributed by atoms with Crippen LogP contribution >= 0.6 is 0 Å². The first-order chi connectivity index (χ1) is 7.33. The predicted molar refractivity (Wildman–Crippen MR) is 61.2 cm³/mol. The van der Waals surface area contributed by atoms with Crippen molar-refractivity contribution >= 4 is 5.69 Å². The number of aromatic nitrogens is 3. The van der Waals surface area contributed by atoms with E-state index < -0.39 is 0 Å². The molecule has 2 aromatic rings. The number of benzene rings is 1. The molecule has 0 unspecified atom stereocenters. The molecule has 1 aromatic carbocycles. The second kappa shape index (κ2) is 6.59. The molecule has 0 aliphatic carbocycles. The molecule has 80 valence electrons. The summed E-state index contributed by atoms with van der Waals surface area (Å²) >= 11 is 0. The molecule has 4 heteroatoms. The molecule has 1 heterocycles. The molecule has 0 amide bonds. The first-order valence-electron chi connectivity index (χ1n) is 4.98. The van der Waals surface area contributed by atoms with E-state index in [0.717, 1.165) is 24.2 Å². The number of nitrogen functional groups attached to an aromatic ring is 1. The summed E-state index contributed by atoms with van der Waals surface area (Å²) in [6.45, 7) is 2.12. The zero-order valence-electron chi connectivity index (χ0n) is 8.85. The van der Waals surface area contributed by atoms with E-state index in [1.807, 2.05) is 30.3 Å². The lowest BCUT2D eigenvalue weighted by atomic mass is 10.3. The van der Waals surface area contributed by atoms with E-state index in [4.69, 9.17) is 5.73 Å². The minimum atomic E-state index is 0.822. The maximum absolute atomic E-state index is 5.36. The number of aromatic amines is 1. The van der Waals surface area contributed by atoms with Gasteiger partial charge < -0.3 is 5.73 Å². The number of aryl methyl sites for hydroxylation is 1. The number of nitrogens with one attached hydrogen (secondary N) is 1. The molecule has 0 saturated carbocycles. The Kier molecular flexibility index (Phi) is 4.94. The summed E-state index contributed by atoms with van der Waals surface area (Å²) in [6.07, 6.45) is 3.91. The van der Waals surface area contributed by atoms with Crippen LogP contribution in [0.2, 0.25) is 0 Å². The second-order valence-corrected chi connectivity index (χ2v) is 3.12. The number of hydrogen-bond acceptors (Lipinski definition) is 3. The summed E-state index contributed by atoms with van der Waals surface area (Å²) in [6, 6.07) is 9.49. The van der Waals surface area contributed by atoms with Gasteiger partial charge in [0, 0.05) is 5.69 Å². The van der Waals surface area contributed by atoms with Gasteiger partial charge >= 0.3 is 0 Å². The van der Waals surface area contributed by atoms with E-state index in [0.29, 0.717) is 0 Å². The van der Waals surface area contributed by atoms with Gasteiger partial charge in [0.2, 0.25) is 0 Å². The van der Waals surface area contributed by atoms with Gasteiger partial charge in [-0.05, 0) is 18.6 Å². The maximum atomic E-state index is 5.36. The summed E-state index contributed by atoms with van der Waals surface area (Å²) in [5.74, 6) is 0. The third-order valence-electron chi connectivity index (χ3n) is 1.77. The molecule has 0 radical (unpaired) electrons. The minimum Gasteiger partial charge on any atom is -0.399 e. The Morgan fingerprint density at radius 3 is 2.40 bits per heavy atom. The Hall–Kier alpha value is -1.84. The molecule has 3 N–H and O–H groups in total. The summed E-state index contributed by atoms with van der Waals surface area (Å²) in [4.78, 5) is 0. The van der Waals surface area contributed by atoms with Crippen LogP contribution in [0.25, 0.3) is 0 Å². The Balaban J connectivity index is 0.000000151. The van der Waals surface area contributed by atoms with Crippen LogP contribution in [0.3, 0.4) is 0 Å². The SMILES string of the molecule is CCCc1cn[nH]n1.Nc1ccccc1. The molecule has 0 aliphatic rings. The van der Waals surface area contributed by atoms with Gasteiger partial charge in [-0.2, -0.15) is 15.4 Å². The van der Waals surface area contributed by atoms with Crippen molar-refractivity contribution in [1.82, 2.24) is 15.4 Å². The largest absolute Gasteiger partial charge is 0.399 e. The standard InChI is InChI=1S/C6H7N.C5H9N3/c7-6-4-2-1-3-5-6;1-2-3-5-4-6-8-7-5/h1-5H,7H2;4H,2-3H2,1H3,(H,6,7,8). The summed E-state index contributed by atoms with van der Waals surface area (Å²) in [7, 11) is 0. The lowest BCUT2D eigenvalue weighted by molar-refractivity contribution is 0.853. The normalized spacial score (nSPS) is 9.13. The van der Waals surface area contributed by atoms with Gasteiger partial charge in [-0.1, -0.05) is 31.5 Å². The van der Waals surface area contributed by atoms with E-state index in [-0.39, 0.29) is 0 Å². The first kappa shape index (κ1) is 11.2. The number of anilines is 1. The average molecular weight is 204 g/mol. The molecule has 0 aliphatic heterocycles. The Morgan fingerprint density at radius 1 is 1.27 bits per heavy atom. The van der Waals surface area contributed by atoms with Crippen LogP contribution in [0.1, 0.15) is 19.0 Å². The Bertz CT molecular complexity index is 342. The zero-order chi connectivity index (χ0) is 10.9. The van der Waals surface area contributed by atoms with Crippen molar-refractivity contribution in [2.75, 3.05) is 5.73 Å². The van der Waals surface area contributed by atoms with Gasteiger partial charge in [-0.25, -0.2) is 0 Å². The Labute approximate surface area is 89.5 Å². The molecule has 0 spiro atoms. The van der Waals surface area contributed by atoms with Gasteiger partial charge in [-0.3, -0.25) is 0 Å². The number of rotatable bonds is 2. The smallest absolute Gasteiger partial charge is 0.0824 e. The van der Waals surface area contributed by atoms with Crippen LogP contribution in [0.15, 0.2) is 36.5 Å². The summed E-state index contributed by atoms with van der Waals surface area (Å²) in [5.41, 5.74) is 7.23. The third kappa shape index (κ3) is 4.81. The van der Waals surface area contributed by atoms with E-state index in [9.17, 15) is 0 Å². The average Bonchev–Trinajstić information content (AvgIpc) is 2.73. The first-order valence-corrected chi connectivity index (χ1v) is 4.98. The molecule has 2 rings (SSSR count). The lowest BCUT2D eigenvalue weighted by Gasteiger charge is -1.83. The van der Waals surface area contributed by atoms with Crippen molar-refractivity contribution in [2.45, 2.75) is 19.8 Å². The molecule has 0 fully saturated rings. The number of hydrogen-bond donors (Lipinski definition) is 2. The van der Waals surface area contributed by atoms with Crippen molar-refractivity contribution in [2.24, 2.45) is 0 Å².